The third-order valence-corrected chi connectivity index (χ3v) is 4.08. The summed E-state index contributed by atoms with van der Waals surface area (Å²) in [5.41, 5.74) is 4.34. The topological polar surface area (TPSA) is 54.1 Å². The normalized spacial score (nSPS) is 11.1. The van der Waals surface area contributed by atoms with Crippen molar-refractivity contribution in [2.75, 3.05) is 5.32 Å². The first kappa shape index (κ1) is 17.0. The molecule has 1 amide bonds. The van der Waals surface area contributed by atoms with E-state index in [0.29, 0.717) is 16.9 Å². The van der Waals surface area contributed by atoms with Crippen molar-refractivity contribution >= 4 is 22.5 Å². The second kappa shape index (κ2) is 6.55. The molecule has 0 aliphatic rings. The molecule has 0 bridgehead atoms. The van der Waals surface area contributed by atoms with Crippen molar-refractivity contribution in [1.29, 1.82) is 0 Å². The van der Waals surface area contributed by atoms with Gasteiger partial charge in [0.25, 0.3) is 5.91 Å². The Hall–Kier alpha value is -2.89. The molecule has 2 aromatic carbocycles. The zero-order chi connectivity index (χ0) is 18.1. The fraction of sp³-hybridized carbons (Fsp3) is 0.211. The van der Waals surface area contributed by atoms with E-state index in [1.165, 1.54) is 6.07 Å². The van der Waals surface area contributed by atoms with Gasteiger partial charge in [0.1, 0.15) is 11.4 Å². The average Bonchev–Trinajstić information content (AvgIpc) is 2.95. The molecule has 0 fully saturated rings. The van der Waals surface area contributed by atoms with Crippen LogP contribution in [0.5, 0.6) is 5.75 Å². The Morgan fingerprint density at radius 3 is 2.64 bits per heavy atom. The number of carbonyl (C=O) groups excluding carboxylic acids is 1. The molecule has 25 heavy (non-hydrogen) atoms. The lowest BCUT2D eigenvalue weighted by Crippen LogP contribution is -2.14. The summed E-state index contributed by atoms with van der Waals surface area (Å²) in [5.74, 6) is -0.304. The third kappa shape index (κ3) is 3.47. The van der Waals surface area contributed by atoms with Gasteiger partial charge in [-0.05, 0) is 56.2 Å². The van der Waals surface area contributed by atoms with Crippen molar-refractivity contribution in [3.63, 3.8) is 0 Å². The molecule has 0 aliphatic carbocycles. The summed E-state index contributed by atoms with van der Waals surface area (Å²) in [5, 5.41) is 3.71. The van der Waals surface area contributed by atoms with Crippen molar-refractivity contribution < 1.29 is 18.3 Å². The average molecular weight is 344 g/mol. The van der Waals surface area contributed by atoms with Crippen LogP contribution in [0.2, 0.25) is 0 Å². The lowest BCUT2D eigenvalue weighted by molar-refractivity contribution is -0.0502. The standard InChI is InChI=1S/C19H18F2N2O2/c1-10-7-11(2)13-9-16(22-15(13)8-10)18(24)23-14-5-4-6-17(12(14)3)25-19(20)21/h4-9,19,22H,1-3H3,(H,23,24). The number of aromatic amines is 1. The van der Waals surface area contributed by atoms with Crippen LogP contribution in [-0.2, 0) is 0 Å². The molecule has 130 valence electrons. The number of anilines is 1. The highest BCUT2D eigenvalue weighted by Crippen LogP contribution is 2.28. The number of alkyl halides is 2. The molecule has 0 aliphatic heterocycles. The van der Waals surface area contributed by atoms with Crippen LogP contribution in [0.4, 0.5) is 14.5 Å². The third-order valence-electron chi connectivity index (χ3n) is 4.08. The first-order chi connectivity index (χ1) is 11.8. The van der Waals surface area contributed by atoms with E-state index in [2.05, 4.69) is 15.0 Å². The minimum absolute atomic E-state index is 0.0379. The van der Waals surface area contributed by atoms with E-state index in [4.69, 9.17) is 0 Å². The van der Waals surface area contributed by atoms with Crippen molar-refractivity contribution in [3.8, 4) is 5.75 Å². The van der Waals surface area contributed by atoms with Crippen LogP contribution in [0.3, 0.4) is 0 Å². The minimum atomic E-state index is -2.91. The van der Waals surface area contributed by atoms with Crippen LogP contribution in [0.25, 0.3) is 10.9 Å². The number of aromatic nitrogens is 1. The molecule has 0 spiro atoms. The van der Waals surface area contributed by atoms with Gasteiger partial charge in [0.2, 0.25) is 0 Å². The van der Waals surface area contributed by atoms with E-state index in [1.54, 1.807) is 25.1 Å². The van der Waals surface area contributed by atoms with E-state index < -0.39 is 6.61 Å². The number of hydrogen-bond donors (Lipinski definition) is 2. The molecular formula is C19H18F2N2O2. The molecule has 0 atom stereocenters. The number of aryl methyl sites for hydroxylation is 2. The lowest BCUT2D eigenvalue weighted by atomic mass is 10.1. The zero-order valence-electron chi connectivity index (χ0n) is 14.1. The Balaban J connectivity index is 1.89. The molecule has 0 unspecified atom stereocenters. The summed E-state index contributed by atoms with van der Waals surface area (Å²) >= 11 is 0. The first-order valence-electron chi connectivity index (χ1n) is 7.81. The molecule has 1 heterocycles. The highest BCUT2D eigenvalue weighted by molar-refractivity contribution is 6.06. The number of fused-ring (bicyclic) bond motifs is 1. The summed E-state index contributed by atoms with van der Waals surface area (Å²) in [6, 6.07) is 10.4. The fourth-order valence-corrected chi connectivity index (χ4v) is 2.88. The van der Waals surface area contributed by atoms with Crippen molar-refractivity contribution in [1.82, 2.24) is 4.98 Å². The first-order valence-corrected chi connectivity index (χ1v) is 7.81. The van der Waals surface area contributed by atoms with Crippen molar-refractivity contribution in [2.45, 2.75) is 27.4 Å². The number of halogens is 2. The lowest BCUT2D eigenvalue weighted by Gasteiger charge is -2.12. The van der Waals surface area contributed by atoms with Gasteiger partial charge >= 0.3 is 6.61 Å². The number of hydrogen-bond acceptors (Lipinski definition) is 2. The molecule has 2 N–H and O–H groups in total. The molecule has 1 aromatic heterocycles. The SMILES string of the molecule is Cc1cc(C)c2cc(C(=O)Nc3cccc(OC(F)F)c3C)[nH]c2c1. The van der Waals surface area contributed by atoms with Gasteiger partial charge in [-0.25, -0.2) is 0 Å². The number of carbonyl (C=O) groups is 1. The van der Waals surface area contributed by atoms with E-state index in [-0.39, 0.29) is 11.7 Å². The van der Waals surface area contributed by atoms with Gasteiger partial charge < -0.3 is 15.0 Å². The van der Waals surface area contributed by atoms with Crippen LogP contribution in [0.1, 0.15) is 27.2 Å². The smallest absolute Gasteiger partial charge is 0.387 e. The van der Waals surface area contributed by atoms with Gasteiger partial charge in [0.15, 0.2) is 0 Å². The minimum Gasteiger partial charge on any atom is -0.434 e. The highest BCUT2D eigenvalue weighted by atomic mass is 19.3. The largest absolute Gasteiger partial charge is 0.434 e. The van der Waals surface area contributed by atoms with Crippen LogP contribution in [-0.4, -0.2) is 17.5 Å². The Kier molecular flexibility index (Phi) is 4.44. The van der Waals surface area contributed by atoms with Crippen LogP contribution in [0.15, 0.2) is 36.4 Å². The van der Waals surface area contributed by atoms with Gasteiger partial charge in [-0.3, -0.25) is 4.79 Å². The number of nitrogens with one attached hydrogen (secondary N) is 2. The molecule has 4 nitrogen and oxygen atoms in total. The monoisotopic (exact) mass is 344 g/mol. The van der Waals surface area contributed by atoms with Crippen LogP contribution < -0.4 is 10.1 Å². The van der Waals surface area contributed by atoms with E-state index in [0.717, 1.165) is 22.0 Å². The number of amides is 1. The predicted molar refractivity (Wildman–Crippen MR) is 93.5 cm³/mol. The Labute approximate surface area is 143 Å². The van der Waals surface area contributed by atoms with Gasteiger partial charge in [-0.15, -0.1) is 0 Å². The van der Waals surface area contributed by atoms with Crippen molar-refractivity contribution in [2.24, 2.45) is 0 Å². The van der Waals surface area contributed by atoms with Gasteiger partial charge in [0, 0.05) is 22.2 Å². The number of benzene rings is 2. The molecule has 0 saturated heterocycles. The highest BCUT2D eigenvalue weighted by Gasteiger charge is 2.15. The summed E-state index contributed by atoms with van der Waals surface area (Å²) in [7, 11) is 0. The van der Waals surface area contributed by atoms with E-state index >= 15 is 0 Å². The molecular weight excluding hydrogens is 326 g/mol. The maximum atomic E-state index is 12.5. The number of ether oxygens (including phenoxy) is 1. The second-order valence-electron chi connectivity index (χ2n) is 5.99. The Bertz CT molecular complexity index is 948. The summed E-state index contributed by atoms with van der Waals surface area (Å²) in [4.78, 5) is 15.6. The van der Waals surface area contributed by atoms with Crippen LogP contribution >= 0.6 is 0 Å². The van der Waals surface area contributed by atoms with Crippen molar-refractivity contribution in [3.05, 3.63) is 58.8 Å². The zero-order valence-corrected chi connectivity index (χ0v) is 14.1. The summed E-state index contributed by atoms with van der Waals surface area (Å²) in [6.07, 6.45) is 0. The van der Waals surface area contributed by atoms with Gasteiger partial charge in [-0.2, -0.15) is 8.78 Å². The van der Waals surface area contributed by atoms with E-state index in [1.807, 2.05) is 26.0 Å². The number of H-pyrrole nitrogens is 1. The predicted octanol–water partition coefficient (Wildman–Crippen LogP) is 4.95. The molecule has 3 aromatic rings. The Morgan fingerprint density at radius 1 is 1.16 bits per heavy atom. The summed E-state index contributed by atoms with van der Waals surface area (Å²) < 4.78 is 29.3. The maximum absolute atomic E-state index is 12.5. The maximum Gasteiger partial charge on any atom is 0.387 e. The fourth-order valence-electron chi connectivity index (χ4n) is 2.88. The molecule has 3 rings (SSSR count). The second-order valence-corrected chi connectivity index (χ2v) is 5.99. The quantitative estimate of drug-likeness (QED) is 0.704. The van der Waals surface area contributed by atoms with E-state index in [9.17, 15) is 13.6 Å². The van der Waals surface area contributed by atoms with Crippen LogP contribution in [0, 0.1) is 20.8 Å². The molecule has 6 heteroatoms. The molecule has 0 radical (unpaired) electrons. The number of rotatable bonds is 4. The molecule has 0 saturated carbocycles. The summed E-state index contributed by atoms with van der Waals surface area (Å²) in [6.45, 7) is 2.68. The Morgan fingerprint density at radius 2 is 1.92 bits per heavy atom. The van der Waals surface area contributed by atoms with Gasteiger partial charge in [0.05, 0.1) is 0 Å². The van der Waals surface area contributed by atoms with Gasteiger partial charge in [-0.1, -0.05) is 12.1 Å².